The third-order valence-electron chi connectivity index (χ3n) is 5.44. The summed E-state index contributed by atoms with van der Waals surface area (Å²) in [5.41, 5.74) is 1.77. The Kier molecular flexibility index (Phi) is 5.05. The Morgan fingerprint density at radius 2 is 2.00 bits per heavy atom. The van der Waals surface area contributed by atoms with E-state index in [4.69, 9.17) is 0 Å². The number of rotatable bonds is 4. The minimum atomic E-state index is -0.334. The molecule has 2 aromatic heterocycles. The number of amides is 1. The fourth-order valence-electron chi connectivity index (χ4n) is 3.96. The molecule has 0 spiro atoms. The molecular formula is C21H25FN6O2. The first-order chi connectivity index (χ1) is 14.2. The van der Waals surface area contributed by atoms with Crippen LogP contribution in [0.1, 0.15) is 31.5 Å². The summed E-state index contributed by atoms with van der Waals surface area (Å²) in [6, 6.07) is 6.55. The normalized spacial score (nSPS) is 15.7. The topological polar surface area (TPSA) is 78.0 Å². The van der Waals surface area contributed by atoms with Crippen LogP contribution in [-0.4, -0.2) is 41.5 Å². The van der Waals surface area contributed by atoms with E-state index in [9.17, 15) is 14.0 Å². The molecule has 0 saturated carbocycles. The molecule has 1 aliphatic rings. The average Bonchev–Trinajstić information content (AvgIpc) is 3.18. The summed E-state index contributed by atoms with van der Waals surface area (Å²) < 4.78 is 18.7. The van der Waals surface area contributed by atoms with Gasteiger partial charge in [-0.1, -0.05) is 26.0 Å². The van der Waals surface area contributed by atoms with Crippen molar-refractivity contribution < 1.29 is 9.18 Å². The van der Waals surface area contributed by atoms with Gasteiger partial charge in [0.25, 0.3) is 0 Å². The molecule has 1 aliphatic heterocycles. The number of carbonyl (C=O) groups excluding carboxylic acids is 1. The number of halogens is 1. The molecule has 0 bridgehead atoms. The Bertz CT molecular complexity index is 1140. The Labute approximate surface area is 173 Å². The van der Waals surface area contributed by atoms with Crippen LogP contribution in [0.4, 0.5) is 4.39 Å². The lowest BCUT2D eigenvalue weighted by molar-refractivity contribution is -0.133. The maximum Gasteiger partial charge on any atom is 0.345 e. The third-order valence-corrected chi connectivity index (χ3v) is 5.44. The molecule has 1 amide bonds. The molecule has 0 fully saturated rings. The van der Waals surface area contributed by atoms with Crippen LogP contribution in [0.15, 0.2) is 41.6 Å². The van der Waals surface area contributed by atoms with E-state index in [1.165, 1.54) is 21.6 Å². The van der Waals surface area contributed by atoms with Crippen molar-refractivity contribution in [2.24, 2.45) is 12.5 Å². The number of aromatic nitrogens is 5. The largest absolute Gasteiger partial charge is 0.345 e. The van der Waals surface area contributed by atoms with Gasteiger partial charge in [0.1, 0.15) is 17.8 Å². The Hall–Kier alpha value is -3.23. The fourth-order valence-corrected chi connectivity index (χ4v) is 3.96. The fraction of sp³-hybridized carbons (Fsp3) is 0.429. The molecule has 30 heavy (non-hydrogen) atoms. The van der Waals surface area contributed by atoms with E-state index in [0.29, 0.717) is 25.2 Å². The van der Waals surface area contributed by atoms with Crippen molar-refractivity contribution in [1.82, 2.24) is 29.0 Å². The maximum atomic E-state index is 14.4. The van der Waals surface area contributed by atoms with Crippen LogP contribution < -0.4 is 5.69 Å². The van der Waals surface area contributed by atoms with Crippen molar-refractivity contribution in [3.8, 4) is 5.69 Å². The quantitative estimate of drug-likeness (QED) is 0.656. The zero-order valence-electron chi connectivity index (χ0n) is 17.4. The SMILES string of the molecule is Cn1cnn(CCC(=O)N2Cc3cnn(-c4ccccc4F)c3CC(C)(C)C2)c1=O. The first kappa shape index (κ1) is 20.1. The summed E-state index contributed by atoms with van der Waals surface area (Å²) in [4.78, 5) is 26.7. The molecule has 3 heterocycles. The summed E-state index contributed by atoms with van der Waals surface area (Å²) in [5, 5.41) is 8.43. The number of para-hydroxylation sites is 1. The zero-order chi connectivity index (χ0) is 21.5. The highest BCUT2D eigenvalue weighted by Crippen LogP contribution is 2.32. The number of fused-ring (bicyclic) bond motifs is 1. The third kappa shape index (κ3) is 3.79. The smallest absolute Gasteiger partial charge is 0.338 e. The molecule has 0 saturated heterocycles. The number of carbonyl (C=O) groups is 1. The number of aryl methyl sites for hydroxylation is 2. The van der Waals surface area contributed by atoms with Crippen molar-refractivity contribution in [2.45, 2.75) is 39.8 Å². The van der Waals surface area contributed by atoms with E-state index >= 15 is 0 Å². The lowest BCUT2D eigenvalue weighted by Crippen LogP contribution is -2.38. The second kappa shape index (κ2) is 7.55. The second-order valence-corrected chi connectivity index (χ2v) is 8.57. The van der Waals surface area contributed by atoms with Gasteiger partial charge in [0.2, 0.25) is 5.91 Å². The lowest BCUT2D eigenvalue weighted by Gasteiger charge is -2.30. The van der Waals surface area contributed by atoms with Gasteiger partial charge in [0.15, 0.2) is 0 Å². The standard InChI is InChI=1S/C21H25FN6O2/c1-21(2)10-18-15(11-23-28(18)17-7-5-4-6-16(17)22)12-26(13-21)19(29)8-9-27-20(30)25(3)14-24-27/h4-7,11,14H,8-10,12-13H2,1-3H3. The van der Waals surface area contributed by atoms with E-state index in [-0.39, 0.29) is 35.8 Å². The van der Waals surface area contributed by atoms with Gasteiger partial charge in [0, 0.05) is 37.8 Å². The minimum absolute atomic E-state index is 0.0490. The second-order valence-electron chi connectivity index (χ2n) is 8.57. The Morgan fingerprint density at radius 1 is 1.23 bits per heavy atom. The van der Waals surface area contributed by atoms with E-state index < -0.39 is 0 Å². The highest BCUT2D eigenvalue weighted by molar-refractivity contribution is 5.76. The van der Waals surface area contributed by atoms with E-state index in [0.717, 1.165) is 11.3 Å². The van der Waals surface area contributed by atoms with E-state index in [1.807, 2.05) is 0 Å². The van der Waals surface area contributed by atoms with Gasteiger partial charge in [-0.15, -0.1) is 0 Å². The van der Waals surface area contributed by atoms with Crippen molar-refractivity contribution in [3.63, 3.8) is 0 Å². The molecule has 0 radical (unpaired) electrons. The molecule has 8 nitrogen and oxygen atoms in total. The van der Waals surface area contributed by atoms with Crippen LogP contribution in [0.25, 0.3) is 5.69 Å². The first-order valence-electron chi connectivity index (χ1n) is 9.92. The summed E-state index contributed by atoms with van der Waals surface area (Å²) in [6.07, 6.45) is 4.00. The van der Waals surface area contributed by atoms with Crippen LogP contribution in [0.3, 0.4) is 0 Å². The maximum absolute atomic E-state index is 14.4. The summed E-state index contributed by atoms with van der Waals surface area (Å²) in [5.74, 6) is -0.383. The zero-order valence-corrected chi connectivity index (χ0v) is 17.4. The lowest BCUT2D eigenvalue weighted by atomic mass is 9.87. The van der Waals surface area contributed by atoms with Crippen molar-refractivity contribution in [1.29, 1.82) is 0 Å². The molecule has 9 heteroatoms. The predicted octanol–water partition coefficient (Wildman–Crippen LogP) is 1.91. The van der Waals surface area contributed by atoms with Crippen LogP contribution in [0, 0.1) is 11.2 Å². The van der Waals surface area contributed by atoms with Crippen LogP contribution in [0.5, 0.6) is 0 Å². The van der Waals surface area contributed by atoms with E-state index in [1.54, 1.807) is 41.0 Å². The van der Waals surface area contributed by atoms with Gasteiger partial charge in [0.05, 0.1) is 12.7 Å². The average molecular weight is 412 g/mol. The molecule has 1 aromatic carbocycles. The minimum Gasteiger partial charge on any atom is -0.338 e. The Balaban J connectivity index is 1.58. The molecule has 4 rings (SSSR count). The molecule has 0 N–H and O–H groups in total. The van der Waals surface area contributed by atoms with Gasteiger partial charge in [-0.3, -0.25) is 9.36 Å². The molecule has 0 aliphatic carbocycles. The van der Waals surface area contributed by atoms with Gasteiger partial charge < -0.3 is 4.90 Å². The van der Waals surface area contributed by atoms with Gasteiger partial charge in [-0.2, -0.15) is 10.2 Å². The number of nitrogens with zero attached hydrogens (tertiary/aromatic N) is 6. The summed E-state index contributed by atoms with van der Waals surface area (Å²) in [7, 11) is 1.62. The number of hydrogen-bond acceptors (Lipinski definition) is 4. The molecule has 0 unspecified atom stereocenters. The summed E-state index contributed by atoms with van der Waals surface area (Å²) >= 11 is 0. The van der Waals surface area contributed by atoms with Crippen molar-refractivity contribution in [3.05, 3.63) is 64.3 Å². The van der Waals surface area contributed by atoms with Crippen molar-refractivity contribution >= 4 is 5.91 Å². The highest BCUT2D eigenvalue weighted by Gasteiger charge is 2.33. The predicted molar refractivity (Wildman–Crippen MR) is 109 cm³/mol. The van der Waals surface area contributed by atoms with Crippen LogP contribution in [-0.2, 0) is 31.4 Å². The number of hydrogen-bond donors (Lipinski definition) is 0. The van der Waals surface area contributed by atoms with Gasteiger partial charge in [-0.25, -0.2) is 18.5 Å². The monoisotopic (exact) mass is 412 g/mol. The molecule has 158 valence electrons. The molecule has 3 aromatic rings. The first-order valence-corrected chi connectivity index (χ1v) is 9.92. The Morgan fingerprint density at radius 3 is 2.70 bits per heavy atom. The molecule has 0 atom stereocenters. The van der Waals surface area contributed by atoms with Crippen LogP contribution in [0.2, 0.25) is 0 Å². The summed E-state index contributed by atoms with van der Waals surface area (Å²) in [6.45, 7) is 5.38. The van der Waals surface area contributed by atoms with Gasteiger partial charge >= 0.3 is 5.69 Å². The van der Waals surface area contributed by atoms with Crippen molar-refractivity contribution in [2.75, 3.05) is 6.54 Å². The highest BCUT2D eigenvalue weighted by atomic mass is 19.1. The van der Waals surface area contributed by atoms with Crippen LogP contribution >= 0.6 is 0 Å². The van der Waals surface area contributed by atoms with Gasteiger partial charge in [-0.05, 0) is 24.0 Å². The molecular weight excluding hydrogens is 387 g/mol. The van der Waals surface area contributed by atoms with E-state index in [2.05, 4.69) is 24.0 Å². The number of benzene rings is 1.